The highest BCUT2D eigenvalue weighted by atomic mass is 15.0. The van der Waals surface area contributed by atoms with Crippen molar-refractivity contribution in [3.05, 3.63) is 188 Å². The van der Waals surface area contributed by atoms with Gasteiger partial charge in [-0.1, -0.05) is 140 Å². The second-order valence-corrected chi connectivity index (χ2v) is 13.6. The normalized spacial score (nSPS) is 11.7. The van der Waals surface area contributed by atoms with Crippen molar-refractivity contribution < 1.29 is 0 Å². The molecule has 11 aromatic rings. The number of fused-ring (bicyclic) bond motifs is 8. The highest BCUT2D eigenvalue weighted by Crippen LogP contribution is 2.43. The minimum Gasteiger partial charge on any atom is -0.309 e. The molecule has 3 heterocycles. The standard InChI is InChI=1S/C49H31N5/c1-4-16-32(17-5-1)47-50-48(33-18-6-2-7-19-33)52-49(51-47)35-30-34-20-10-11-23-37(34)44(31-35)54-41-27-15-13-25-39(41)46-43(54)29-28-42-45(46)38-24-12-14-26-40(38)53(42)36-21-8-3-9-22-36/h1-31H. The number of aromatic nitrogens is 5. The molecule has 252 valence electrons. The van der Waals surface area contributed by atoms with Crippen molar-refractivity contribution in [2.75, 3.05) is 0 Å². The van der Waals surface area contributed by atoms with E-state index in [0.717, 1.165) is 49.9 Å². The maximum absolute atomic E-state index is 5.13. The molecule has 0 aliphatic rings. The van der Waals surface area contributed by atoms with E-state index in [0.29, 0.717) is 17.5 Å². The Bertz CT molecular complexity index is 3140. The summed E-state index contributed by atoms with van der Waals surface area (Å²) in [5.74, 6) is 1.91. The van der Waals surface area contributed by atoms with Gasteiger partial charge in [-0.2, -0.15) is 0 Å². The maximum atomic E-state index is 5.13. The lowest BCUT2D eigenvalue weighted by Gasteiger charge is -2.15. The van der Waals surface area contributed by atoms with Crippen LogP contribution >= 0.6 is 0 Å². The van der Waals surface area contributed by atoms with Gasteiger partial charge in [-0.3, -0.25) is 0 Å². The zero-order valence-electron chi connectivity index (χ0n) is 29.1. The quantitative estimate of drug-likeness (QED) is 0.181. The molecule has 0 saturated heterocycles. The number of nitrogens with zero attached hydrogens (tertiary/aromatic N) is 5. The van der Waals surface area contributed by atoms with Gasteiger partial charge >= 0.3 is 0 Å². The smallest absolute Gasteiger partial charge is 0.164 e. The maximum Gasteiger partial charge on any atom is 0.164 e. The van der Waals surface area contributed by atoms with E-state index in [9.17, 15) is 0 Å². The molecule has 0 spiro atoms. The third-order valence-electron chi connectivity index (χ3n) is 10.5. The fraction of sp³-hybridized carbons (Fsp3) is 0. The van der Waals surface area contributed by atoms with E-state index in [1.165, 1.54) is 32.6 Å². The zero-order chi connectivity index (χ0) is 35.6. The molecular formula is C49H31N5. The van der Waals surface area contributed by atoms with Crippen LogP contribution in [0.25, 0.3) is 99.9 Å². The first-order chi connectivity index (χ1) is 26.8. The Morgan fingerprint density at radius 1 is 0.315 bits per heavy atom. The van der Waals surface area contributed by atoms with Crippen LogP contribution in [-0.4, -0.2) is 24.1 Å². The van der Waals surface area contributed by atoms with Gasteiger partial charge in [-0.15, -0.1) is 0 Å². The van der Waals surface area contributed by atoms with Crippen molar-refractivity contribution in [3.8, 4) is 45.5 Å². The Morgan fingerprint density at radius 3 is 1.35 bits per heavy atom. The van der Waals surface area contributed by atoms with Crippen LogP contribution < -0.4 is 0 Å². The number of hydrogen-bond donors (Lipinski definition) is 0. The van der Waals surface area contributed by atoms with Crippen molar-refractivity contribution in [2.24, 2.45) is 0 Å². The van der Waals surface area contributed by atoms with E-state index in [1.807, 2.05) is 60.7 Å². The molecule has 0 saturated carbocycles. The van der Waals surface area contributed by atoms with E-state index < -0.39 is 0 Å². The molecule has 0 atom stereocenters. The third kappa shape index (κ3) is 4.69. The van der Waals surface area contributed by atoms with Gasteiger partial charge in [0.05, 0.1) is 27.8 Å². The van der Waals surface area contributed by atoms with Gasteiger partial charge in [0.15, 0.2) is 17.5 Å². The van der Waals surface area contributed by atoms with Gasteiger partial charge in [0.2, 0.25) is 0 Å². The van der Waals surface area contributed by atoms with Crippen molar-refractivity contribution >= 4 is 54.4 Å². The Balaban J connectivity index is 1.22. The summed E-state index contributed by atoms with van der Waals surface area (Å²) >= 11 is 0. The third-order valence-corrected chi connectivity index (χ3v) is 10.5. The topological polar surface area (TPSA) is 48.5 Å². The fourth-order valence-corrected chi connectivity index (χ4v) is 8.18. The van der Waals surface area contributed by atoms with Crippen LogP contribution in [0.15, 0.2) is 188 Å². The lowest BCUT2D eigenvalue weighted by molar-refractivity contribution is 1.07. The summed E-state index contributed by atoms with van der Waals surface area (Å²) in [5, 5.41) is 7.19. The largest absolute Gasteiger partial charge is 0.309 e. The zero-order valence-corrected chi connectivity index (χ0v) is 29.1. The van der Waals surface area contributed by atoms with Crippen LogP contribution in [-0.2, 0) is 0 Å². The second kappa shape index (κ2) is 12.1. The van der Waals surface area contributed by atoms with Gasteiger partial charge < -0.3 is 9.13 Å². The molecule has 0 aliphatic heterocycles. The highest BCUT2D eigenvalue weighted by molar-refractivity contribution is 6.29. The number of hydrogen-bond acceptors (Lipinski definition) is 3. The summed E-state index contributed by atoms with van der Waals surface area (Å²) < 4.78 is 4.82. The predicted molar refractivity (Wildman–Crippen MR) is 222 cm³/mol. The molecule has 5 nitrogen and oxygen atoms in total. The first-order valence-corrected chi connectivity index (χ1v) is 18.2. The van der Waals surface area contributed by atoms with Crippen molar-refractivity contribution in [2.45, 2.75) is 0 Å². The first-order valence-electron chi connectivity index (χ1n) is 18.2. The van der Waals surface area contributed by atoms with Gasteiger partial charge in [0, 0.05) is 49.3 Å². The molecule has 3 aromatic heterocycles. The van der Waals surface area contributed by atoms with Crippen LogP contribution in [0, 0.1) is 0 Å². The summed E-state index contributed by atoms with van der Waals surface area (Å²) in [6.07, 6.45) is 0. The molecule has 0 N–H and O–H groups in total. The van der Waals surface area contributed by atoms with E-state index in [1.54, 1.807) is 0 Å². The van der Waals surface area contributed by atoms with Crippen LogP contribution in [0.1, 0.15) is 0 Å². The number of rotatable bonds is 5. The predicted octanol–water partition coefficient (Wildman–Crippen LogP) is 12.2. The molecule has 5 heteroatoms. The van der Waals surface area contributed by atoms with Crippen LogP contribution in [0.2, 0.25) is 0 Å². The average molecular weight is 690 g/mol. The molecule has 0 bridgehead atoms. The van der Waals surface area contributed by atoms with E-state index in [4.69, 9.17) is 15.0 Å². The molecule has 0 fully saturated rings. The highest BCUT2D eigenvalue weighted by Gasteiger charge is 2.22. The van der Waals surface area contributed by atoms with E-state index in [2.05, 4.69) is 137 Å². The minimum absolute atomic E-state index is 0.629. The summed E-state index contributed by atoms with van der Waals surface area (Å²) in [5.41, 5.74) is 9.69. The Kier molecular flexibility index (Phi) is 6.79. The molecule has 0 aliphatic carbocycles. The molecule has 8 aromatic carbocycles. The monoisotopic (exact) mass is 689 g/mol. The first kappa shape index (κ1) is 30.3. The summed E-state index contributed by atoms with van der Waals surface area (Å²) in [7, 11) is 0. The van der Waals surface area contributed by atoms with Crippen LogP contribution in [0.4, 0.5) is 0 Å². The van der Waals surface area contributed by atoms with Gasteiger partial charge in [0.1, 0.15) is 0 Å². The molecule has 0 amide bonds. The number of para-hydroxylation sites is 3. The molecule has 0 unspecified atom stereocenters. The second-order valence-electron chi connectivity index (χ2n) is 13.6. The fourth-order valence-electron chi connectivity index (χ4n) is 8.18. The van der Waals surface area contributed by atoms with Gasteiger partial charge in [0.25, 0.3) is 0 Å². The van der Waals surface area contributed by atoms with Crippen LogP contribution in [0.5, 0.6) is 0 Å². The average Bonchev–Trinajstić information content (AvgIpc) is 3.77. The lowest BCUT2D eigenvalue weighted by atomic mass is 10.0. The number of benzene rings is 8. The van der Waals surface area contributed by atoms with Crippen molar-refractivity contribution in [1.82, 2.24) is 24.1 Å². The summed E-state index contributed by atoms with van der Waals surface area (Å²) in [6, 6.07) is 66.2. The molecule has 0 radical (unpaired) electrons. The Labute approximate surface area is 311 Å². The minimum atomic E-state index is 0.629. The van der Waals surface area contributed by atoms with Crippen LogP contribution in [0.3, 0.4) is 0 Å². The lowest BCUT2D eigenvalue weighted by Crippen LogP contribution is -2.02. The summed E-state index contributed by atoms with van der Waals surface area (Å²) in [6.45, 7) is 0. The van der Waals surface area contributed by atoms with E-state index >= 15 is 0 Å². The molecule has 11 rings (SSSR count). The molecular weight excluding hydrogens is 659 g/mol. The Morgan fingerprint density at radius 2 is 0.759 bits per heavy atom. The summed E-state index contributed by atoms with van der Waals surface area (Å²) in [4.78, 5) is 15.2. The van der Waals surface area contributed by atoms with E-state index in [-0.39, 0.29) is 0 Å². The van der Waals surface area contributed by atoms with Crippen molar-refractivity contribution in [1.29, 1.82) is 0 Å². The van der Waals surface area contributed by atoms with Gasteiger partial charge in [-0.25, -0.2) is 15.0 Å². The van der Waals surface area contributed by atoms with Crippen molar-refractivity contribution in [3.63, 3.8) is 0 Å². The Hall–Kier alpha value is -7.37. The van der Waals surface area contributed by atoms with Gasteiger partial charge in [-0.05, 0) is 53.9 Å². The molecule has 54 heavy (non-hydrogen) atoms. The SMILES string of the molecule is c1ccc(-c2nc(-c3ccccc3)nc(-c3cc(-n4c5ccccc5c5c6c7ccccc7n(-c7ccccc7)c6ccc54)c4ccccc4c3)n2)cc1.